The zero-order chi connectivity index (χ0) is 8.69. The van der Waals surface area contributed by atoms with Gasteiger partial charge in [-0.05, 0) is 29.0 Å². The van der Waals surface area contributed by atoms with Gasteiger partial charge in [0.15, 0.2) is 0 Å². The van der Waals surface area contributed by atoms with Crippen LogP contribution in [0.1, 0.15) is 26.2 Å². The molecule has 0 aliphatic rings. The molecule has 0 heterocycles. The van der Waals surface area contributed by atoms with Crippen LogP contribution in [0.2, 0.25) is 0 Å². The van der Waals surface area contributed by atoms with E-state index in [1.165, 1.54) is 0 Å². The van der Waals surface area contributed by atoms with Crippen LogP contribution in [0.3, 0.4) is 0 Å². The summed E-state index contributed by atoms with van der Waals surface area (Å²) < 4.78 is 4.39. The summed E-state index contributed by atoms with van der Waals surface area (Å²) in [5.74, 6) is 2.11. The number of carbonyl (C=O) groups is 1. The minimum absolute atomic E-state index is 0.204. The first-order valence-corrected chi connectivity index (χ1v) is 4.75. The van der Waals surface area contributed by atoms with Crippen molar-refractivity contribution in [2.75, 3.05) is 0 Å². The van der Waals surface area contributed by atoms with Crippen LogP contribution in [0.25, 0.3) is 0 Å². The van der Waals surface area contributed by atoms with Gasteiger partial charge in [-0.3, -0.25) is 4.79 Å². The summed E-state index contributed by atoms with van der Waals surface area (Å²) in [6.07, 6.45) is 7.35. The van der Waals surface area contributed by atoms with E-state index in [9.17, 15) is 4.79 Å². The van der Waals surface area contributed by atoms with Crippen molar-refractivity contribution < 1.29 is 9.53 Å². The van der Waals surface area contributed by atoms with E-state index >= 15 is 0 Å². The fraction of sp³-hybridized carbons (Fsp3) is 0.625. The standard InChI is InChI=1S/C8H11IO2/c1-3-5-6-8(10)11-7(9)4-2/h2,7H,3,5-6H2,1H3. The number of alkyl halides is 1. The first-order chi connectivity index (χ1) is 5.20. The van der Waals surface area contributed by atoms with Crippen molar-refractivity contribution in [3.8, 4) is 12.3 Å². The molecule has 2 nitrogen and oxygen atoms in total. The highest BCUT2D eigenvalue weighted by molar-refractivity contribution is 14.1. The molecule has 1 atom stereocenters. The van der Waals surface area contributed by atoms with Gasteiger partial charge in [0.25, 0.3) is 0 Å². The average Bonchev–Trinajstić information content (AvgIpc) is 2.00. The molecule has 0 N–H and O–H groups in total. The van der Waals surface area contributed by atoms with Gasteiger partial charge in [0.2, 0.25) is 4.11 Å². The van der Waals surface area contributed by atoms with Crippen molar-refractivity contribution in [3.05, 3.63) is 0 Å². The molecule has 3 heteroatoms. The van der Waals surface area contributed by atoms with Crippen molar-refractivity contribution in [1.82, 2.24) is 0 Å². The van der Waals surface area contributed by atoms with E-state index in [1.807, 2.05) is 29.5 Å². The van der Waals surface area contributed by atoms with Gasteiger partial charge in [-0.2, -0.15) is 0 Å². The van der Waals surface area contributed by atoms with Crippen molar-refractivity contribution in [2.45, 2.75) is 30.3 Å². The molecular weight excluding hydrogens is 255 g/mol. The Labute approximate surface area is 80.8 Å². The van der Waals surface area contributed by atoms with E-state index in [4.69, 9.17) is 11.2 Å². The molecule has 0 aromatic heterocycles. The second kappa shape index (κ2) is 6.47. The third-order valence-corrected chi connectivity index (χ3v) is 1.71. The molecule has 0 aromatic carbocycles. The Hall–Kier alpha value is -0.240. The molecule has 0 rings (SSSR count). The monoisotopic (exact) mass is 266 g/mol. The lowest BCUT2D eigenvalue weighted by atomic mass is 10.2. The van der Waals surface area contributed by atoms with Crippen molar-refractivity contribution in [2.24, 2.45) is 0 Å². The highest BCUT2D eigenvalue weighted by Crippen LogP contribution is 2.04. The highest BCUT2D eigenvalue weighted by Gasteiger charge is 2.05. The summed E-state index contributed by atoms with van der Waals surface area (Å²) >= 11 is 1.89. The van der Waals surface area contributed by atoms with E-state index in [2.05, 4.69) is 5.92 Å². The van der Waals surface area contributed by atoms with E-state index < -0.39 is 4.11 Å². The smallest absolute Gasteiger partial charge is 0.307 e. The largest absolute Gasteiger partial charge is 0.439 e. The van der Waals surface area contributed by atoms with Gasteiger partial charge in [0.05, 0.1) is 0 Å². The summed E-state index contributed by atoms with van der Waals surface area (Å²) in [4.78, 5) is 10.8. The second-order valence-corrected chi connectivity index (χ2v) is 3.21. The van der Waals surface area contributed by atoms with Crippen LogP contribution in [0, 0.1) is 12.3 Å². The minimum atomic E-state index is -0.419. The fourth-order valence-corrected chi connectivity index (χ4v) is 0.813. The first kappa shape index (κ1) is 10.8. The number of hydrogen-bond donors (Lipinski definition) is 0. The van der Waals surface area contributed by atoms with Gasteiger partial charge in [-0.25, -0.2) is 0 Å². The quantitative estimate of drug-likeness (QED) is 0.337. The SMILES string of the molecule is C#CC(I)OC(=O)CCCC. The molecule has 0 bridgehead atoms. The van der Waals surface area contributed by atoms with Crippen LogP contribution in [-0.2, 0) is 9.53 Å². The number of terminal acetylenes is 1. The van der Waals surface area contributed by atoms with Crippen LogP contribution in [0.5, 0.6) is 0 Å². The maximum atomic E-state index is 10.8. The molecule has 1 unspecified atom stereocenters. The number of carbonyl (C=O) groups excluding carboxylic acids is 1. The maximum Gasteiger partial charge on any atom is 0.307 e. The van der Waals surface area contributed by atoms with E-state index in [0.29, 0.717) is 6.42 Å². The Balaban J connectivity index is 3.46. The third kappa shape index (κ3) is 6.17. The van der Waals surface area contributed by atoms with E-state index in [0.717, 1.165) is 12.8 Å². The normalized spacial score (nSPS) is 11.7. The summed E-state index contributed by atoms with van der Waals surface area (Å²) in [6, 6.07) is 0. The number of hydrogen-bond acceptors (Lipinski definition) is 2. The zero-order valence-electron chi connectivity index (χ0n) is 6.47. The van der Waals surface area contributed by atoms with Gasteiger partial charge >= 0.3 is 5.97 Å². The van der Waals surface area contributed by atoms with Crippen LogP contribution in [0.4, 0.5) is 0 Å². The lowest BCUT2D eigenvalue weighted by molar-refractivity contribution is -0.142. The van der Waals surface area contributed by atoms with Crippen LogP contribution < -0.4 is 0 Å². The molecule has 0 saturated carbocycles. The minimum Gasteiger partial charge on any atom is -0.439 e. The van der Waals surface area contributed by atoms with E-state index in [-0.39, 0.29) is 5.97 Å². The molecule has 0 aliphatic carbocycles. The molecule has 0 radical (unpaired) electrons. The molecule has 0 amide bonds. The Kier molecular flexibility index (Phi) is 6.33. The summed E-state index contributed by atoms with van der Waals surface area (Å²) in [6.45, 7) is 2.02. The molecule has 0 saturated heterocycles. The molecular formula is C8H11IO2. The Morgan fingerprint density at radius 1 is 1.82 bits per heavy atom. The third-order valence-electron chi connectivity index (χ3n) is 1.10. The highest BCUT2D eigenvalue weighted by atomic mass is 127. The number of ether oxygens (including phenoxy) is 1. The predicted molar refractivity (Wildman–Crippen MR) is 52.3 cm³/mol. The number of rotatable bonds is 4. The van der Waals surface area contributed by atoms with Gasteiger partial charge in [0, 0.05) is 6.42 Å². The van der Waals surface area contributed by atoms with Gasteiger partial charge in [0.1, 0.15) is 0 Å². The summed E-state index contributed by atoms with van der Waals surface area (Å²) in [5, 5.41) is 0. The number of unbranched alkanes of at least 4 members (excludes halogenated alkanes) is 1. The fourth-order valence-electron chi connectivity index (χ4n) is 0.529. The zero-order valence-corrected chi connectivity index (χ0v) is 8.63. The topological polar surface area (TPSA) is 26.3 Å². The van der Waals surface area contributed by atoms with Gasteiger partial charge < -0.3 is 4.74 Å². The van der Waals surface area contributed by atoms with E-state index in [1.54, 1.807) is 0 Å². The van der Waals surface area contributed by atoms with Crippen molar-refractivity contribution in [1.29, 1.82) is 0 Å². The second-order valence-electron chi connectivity index (χ2n) is 2.08. The molecule has 11 heavy (non-hydrogen) atoms. The van der Waals surface area contributed by atoms with Gasteiger partial charge in [-0.1, -0.05) is 19.3 Å². The predicted octanol–water partition coefficient (Wildman–Crippen LogP) is 2.11. The summed E-state index contributed by atoms with van der Waals surface area (Å²) in [5.41, 5.74) is 0. The van der Waals surface area contributed by atoms with Crippen molar-refractivity contribution >= 4 is 28.6 Å². The Bertz CT molecular complexity index is 160. The lowest BCUT2D eigenvalue weighted by Gasteiger charge is -2.04. The van der Waals surface area contributed by atoms with Crippen LogP contribution in [0.15, 0.2) is 0 Å². The Morgan fingerprint density at radius 2 is 2.45 bits per heavy atom. The van der Waals surface area contributed by atoms with Crippen LogP contribution in [-0.4, -0.2) is 10.1 Å². The molecule has 62 valence electrons. The lowest BCUT2D eigenvalue weighted by Crippen LogP contribution is -2.09. The summed E-state index contributed by atoms with van der Waals surface area (Å²) in [7, 11) is 0. The molecule has 0 fully saturated rings. The number of halogens is 1. The molecule has 0 spiro atoms. The molecule has 0 aliphatic heterocycles. The molecule has 0 aromatic rings. The maximum absolute atomic E-state index is 10.8. The Morgan fingerprint density at radius 3 is 2.91 bits per heavy atom. The average molecular weight is 266 g/mol. The number of esters is 1. The van der Waals surface area contributed by atoms with Crippen LogP contribution >= 0.6 is 22.6 Å². The van der Waals surface area contributed by atoms with Gasteiger partial charge in [-0.15, -0.1) is 6.42 Å². The first-order valence-electron chi connectivity index (χ1n) is 3.50. The van der Waals surface area contributed by atoms with Crippen molar-refractivity contribution in [3.63, 3.8) is 0 Å².